The fourth-order valence-corrected chi connectivity index (χ4v) is 3.49. The van der Waals surface area contributed by atoms with Crippen LogP contribution in [-0.2, 0) is 4.79 Å². The number of carboxylic acid groups (broad SMARTS) is 1. The van der Waals surface area contributed by atoms with Gasteiger partial charge in [-0.25, -0.2) is 4.98 Å². The summed E-state index contributed by atoms with van der Waals surface area (Å²) >= 11 is 0. The quantitative estimate of drug-likeness (QED) is 0.574. The number of piperidine rings is 1. The van der Waals surface area contributed by atoms with Gasteiger partial charge in [-0.15, -0.1) is 0 Å². The average Bonchev–Trinajstić information content (AvgIpc) is 2.85. The third-order valence-electron chi connectivity index (χ3n) is 4.94. The van der Waals surface area contributed by atoms with E-state index >= 15 is 0 Å². The lowest BCUT2D eigenvalue weighted by Crippen LogP contribution is -2.33. The number of benzene rings is 1. The molecule has 1 aromatic carbocycles. The van der Waals surface area contributed by atoms with Crippen molar-refractivity contribution in [2.45, 2.75) is 60.3 Å². The van der Waals surface area contributed by atoms with Crippen molar-refractivity contribution in [3.63, 3.8) is 0 Å². The Morgan fingerprint density at radius 3 is 2.19 bits per heavy atom. The van der Waals surface area contributed by atoms with Crippen molar-refractivity contribution >= 4 is 18.1 Å². The van der Waals surface area contributed by atoms with Crippen LogP contribution in [0, 0.1) is 6.92 Å². The van der Waals surface area contributed by atoms with Gasteiger partial charge in [0.2, 0.25) is 0 Å². The lowest BCUT2D eigenvalue weighted by molar-refractivity contribution is -0.122. The first-order chi connectivity index (χ1) is 15.5. The second-order valence-corrected chi connectivity index (χ2v) is 6.60. The molecule has 1 aromatic heterocycles. The highest BCUT2D eigenvalue weighted by Crippen LogP contribution is 2.34. The van der Waals surface area contributed by atoms with Crippen LogP contribution in [0.15, 0.2) is 36.5 Å². The van der Waals surface area contributed by atoms with Crippen LogP contribution in [0.1, 0.15) is 75.0 Å². The van der Waals surface area contributed by atoms with Crippen LogP contribution >= 0.6 is 0 Å². The van der Waals surface area contributed by atoms with Crippen LogP contribution in [0.2, 0.25) is 0 Å². The van der Waals surface area contributed by atoms with E-state index in [1.54, 1.807) is 6.20 Å². The summed E-state index contributed by atoms with van der Waals surface area (Å²) in [6.07, 6.45) is 3.85. The molecule has 1 amide bonds. The molecular weight excluding hydrogens is 406 g/mol. The molecule has 0 saturated carbocycles. The minimum absolute atomic E-state index is 0.0198. The van der Waals surface area contributed by atoms with Crippen molar-refractivity contribution < 1.29 is 19.8 Å². The van der Waals surface area contributed by atoms with Crippen LogP contribution in [0.3, 0.4) is 0 Å². The number of nitrogens with zero attached hydrogens (tertiary/aromatic N) is 2. The van der Waals surface area contributed by atoms with Gasteiger partial charge < -0.3 is 20.4 Å². The van der Waals surface area contributed by atoms with E-state index in [0.29, 0.717) is 12.5 Å². The number of aromatic nitrogens is 1. The standard InChI is InChI=1S/C20H25N3O2.2C2H6.CH2O2/c1-3-21-20(25)18-19(24)14(2)17(13-22-18)23-11-9-16(10-12-23)15-7-5-4-6-8-15;2*1-2;2-1-3/h4-8,13,16,24H,3,9-12H2,1-2H3,(H,21,25);2*1-2H3;1H,(H,2,3). The Kier molecular flexibility index (Phi) is 15.0. The summed E-state index contributed by atoms with van der Waals surface area (Å²) in [5, 5.41) is 20.0. The second kappa shape index (κ2) is 16.6. The average molecular weight is 446 g/mol. The molecule has 1 fully saturated rings. The zero-order valence-electron chi connectivity index (χ0n) is 20.3. The number of anilines is 1. The summed E-state index contributed by atoms with van der Waals surface area (Å²) in [6.45, 7) is 13.8. The van der Waals surface area contributed by atoms with E-state index in [1.165, 1.54) is 5.56 Å². The van der Waals surface area contributed by atoms with Crippen molar-refractivity contribution in [3.05, 3.63) is 53.3 Å². The van der Waals surface area contributed by atoms with Crippen molar-refractivity contribution in [2.75, 3.05) is 24.5 Å². The predicted octanol–water partition coefficient (Wildman–Crippen LogP) is 4.98. The topological polar surface area (TPSA) is 103 Å². The summed E-state index contributed by atoms with van der Waals surface area (Å²) in [4.78, 5) is 26.8. The summed E-state index contributed by atoms with van der Waals surface area (Å²) in [6, 6.07) is 10.6. The lowest BCUT2D eigenvalue weighted by atomic mass is 9.89. The van der Waals surface area contributed by atoms with Crippen molar-refractivity contribution in [1.29, 1.82) is 0 Å². The maximum absolute atomic E-state index is 12.0. The molecule has 1 saturated heterocycles. The molecule has 3 rings (SSSR count). The highest BCUT2D eigenvalue weighted by atomic mass is 16.3. The van der Waals surface area contributed by atoms with Crippen molar-refractivity contribution in [1.82, 2.24) is 10.3 Å². The van der Waals surface area contributed by atoms with Gasteiger partial charge in [0.15, 0.2) is 11.4 Å². The SMILES string of the molecule is CC.CC.CCNC(=O)c1ncc(N2CCC(c3ccccc3)CC2)c(C)c1O.O=CO. The number of carbonyl (C=O) groups excluding carboxylic acids is 1. The van der Waals surface area contributed by atoms with E-state index in [9.17, 15) is 9.90 Å². The third kappa shape index (κ3) is 8.21. The van der Waals surface area contributed by atoms with Gasteiger partial charge >= 0.3 is 0 Å². The lowest BCUT2D eigenvalue weighted by Gasteiger charge is -2.34. The van der Waals surface area contributed by atoms with Gasteiger partial charge in [0.1, 0.15) is 0 Å². The first-order valence-corrected chi connectivity index (χ1v) is 11.4. The highest BCUT2D eigenvalue weighted by Gasteiger charge is 2.24. The van der Waals surface area contributed by atoms with E-state index < -0.39 is 0 Å². The maximum Gasteiger partial charge on any atom is 0.290 e. The van der Waals surface area contributed by atoms with Crippen LogP contribution in [0.25, 0.3) is 0 Å². The molecule has 0 spiro atoms. The molecule has 178 valence electrons. The minimum Gasteiger partial charge on any atom is -0.505 e. The molecule has 0 atom stereocenters. The number of aromatic hydroxyl groups is 1. The van der Waals surface area contributed by atoms with E-state index in [1.807, 2.05) is 47.6 Å². The van der Waals surface area contributed by atoms with Gasteiger partial charge in [0, 0.05) is 25.2 Å². The van der Waals surface area contributed by atoms with E-state index in [-0.39, 0.29) is 23.8 Å². The Bertz CT molecular complexity index is 789. The van der Waals surface area contributed by atoms with E-state index in [4.69, 9.17) is 9.90 Å². The first kappa shape index (κ1) is 28.9. The number of hydrogen-bond acceptors (Lipinski definition) is 5. The minimum atomic E-state index is -0.336. The number of hydrogen-bond donors (Lipinski definition) is 3. The maximum atomic E-state index is 12.0. The third-order valence-corrected chi connectivity index (χ3v) is 4.94. The number of amides is 1. The molecule has 2 heterocycles. The Hall–Kier alpha value is -3.09. The predicted molar refractivity (Wildman–Crippen MR) is 131 cm³/mol. The molecule has 1 aliphatic heterocycles. The fourth-order valence-electron chi connectivity index (χ4n) is 3.49. The summed E-state index contributed by atoms with van der Waals surface area (Å²) in [5.74, 6) is 0.222. The first-order valence-electron chi connectivity index (χ1n) is 11.4. The zero-order chi connectivity index (χ0) is 24.5. The fraction of sp³-hybridized carbons (Fsp3) is 0.480. The van der Waals surface area contributed by atoms with Gasteiger partial charge in [-0.1, -0.05) is 58.0 Å². The molecule has 32 heavy (non-hydrogen) atoms. The Balaban J connectivity index is 0.00000124. The molecule has 0 aliphatic carbocycles. The van der Waals surface area contributed by atoms with Crippen molar-refractivity contribution in [3.8, 4) is 5.75 Å². The number of carbonyl (C=O) groups is 2. The summed E-state index contributed by atoms with van der Waals surface area (Å²) in [5.41, 5.74) is 3.13. The Morgan fingerprint density at radius 2 is 1.69 bits per heavy atom. The van der Waals surface area contributed by atoms with Gasteiger partial charge in [0.05, 0.1) is 11.9 Å². The Morgan fingerprint density at radius 1 is 1.16 bits per heavy atom. The van der Waals surface area contributed by atoms with E-state index in [0.717, 1.165) is 37.2 Å². The monoisotopic (exact) mass is 445 g/mol. The molecule has 1 aliphatic rings. The highest BCUT2D eigenvalue weighted by molar-refractivity contribution is 5.95. The molecule has 0 unspecified atom stereocenters. The van der Waals surface area contributed by atoms with Crippen LogP contribution in [-0.4, -0.2) is 47.2 Å². The van der Waals surface area contributed by atoms with Gasteiger partial charge in [-0.05, 0) is 38.2 Å². The molecule has 7 nitrogen and oxygen atoms in total. The van der Waals surface area contributed by atoms with Gasteiger partial charge in [0.25, 0.3) is 12.4 Å². The Labute approximate surface area is 192 Å². The van der Waals surface area contributed by atoms with Gasteiger partial charge in [-0.3, -0.25) is 9.59 Å². The largest absolute Gasteiger partial charge is 0.505 e. The number of pyridine rings is 1. The van der Waals surface area contributed by atoms with Gasteiger partial charge in [-0.2, -0.15) is 0 Å². The van der Waals surface area contributed by atoms with Crippen LogP contribution in [0.5, 0.6) is 5.75 Å². The number of nitrogens with one attached hydrogen (secondary N) is 1. The normalized spacial score (nSPS) is 12.6. The molecule has 2 aromatic rings. The molecular formula is C25H39N3O4. The van der Waals surface area contributed by atoms with Crippen molar-refractivity contribution in [2.24, 2.45) is 0 Å². The van der Waals surface area contributed by atoms with Crippen LogP contribution in [0.4, 0.5) is 5.69 Å². The summed E-state index contributed by atoms with van der Waals surface area (Å²) < 4.78 is 0. The smallest absolute Gasteiger partial charge is 0.290 e. The summed E-state index contributed by atoms with van der Waals surface area (Å²) in [7, 11) is 0. The second-order valence-electron chi connectivity index (χ2n) is 6.60. The van der Waals surface area contributed by atoms with E-state index in [2.05, 4.69) is 39.5 Å². The molecule has 0 radical (unpaired) electrons. The van der Waals surface area contributed by atoms with Crippen LogP contribution < -0.4 is 10.2 Å². The molecule has 7 heteroatoms. The zero-order valence-corrected chi connectivity index (χ0v) is 20.3. The molecule has 0 bridgehead atoms. The molecule has 3 N–H and O–H groups in total. The number of rotatable bonds is 4.